The largest absolute Gasteiger partial charge is 0.447 e. The molecule has 6 heteroatoms. The normalized spacial score (nSPS) is 11.8. The lowest BCUT2D eigenvalue weighted by Crippen LogP contribution is -2.26. The number of primary amides is 1. The van der Waals surface area contributed by atoms with Crippen LogP contribution in [0.4, 0.5) is 0 Å². The van der Waals surface area contributed by atoms with Gasteiger partial charge in [0.25, 0.3) is 5.91 Å². The minimum Gasteiger partial charge on any atom is -0.447 e. The molecule has 0 saturated carbocycles. The number of carbonyl (C=O) groups is 2. The van der Waals surface area contributed by atoms with Crippen molar-refractivity contribution in [2.45, 2.75) is 26.4 Å². The lowest BCUT2D eigenvalue weighted by Gasteiger charge is -2.15. The number of amides is 1. The number of esters is 1. The highest BCUT2D eigenvalue weighted by Crippen LogP contribution is 2.29. The number of aryl methyl sites for hydroxylation is 2. The molecule has 0 saturated heterocycles. The molecule has 0 spiro atoms. The second-order valence-electron chi connectivity index (χ2n) is 6.23. The first-order valence-corrected chi connectivity index (χ1v) is 9.33. The third-order valence-electron chi connectivity index (χ3n) is 4.04. The molecule has 0 fully saturated rings. The molecule has 0 aliphatic heterocycles. The fourth-order valence-electron chi connectivity index (χ4n) is 2.75. The third kappa shape index (κ3) is 4.60. The summed E-state index contributed by atoms with van der Waals surface area (Å²) in [5, 5.41) is 0.864. The zero-order valence-corrected chi connectivity index (χ0v) is 16.0. The van der Waals surface area contributed by atoms with Gasteiger partial charge in [-0.2, -0.15) is 0 Å². The molecule has 1 unspecified atom stereocenters. The maximum atomic E-state index is 12.5. The minimum absolute atomic E-state index is 0.0331. The fourth-order valence-corrected chi connectivity index (χ4v) is 3.69. The van der Waals surface area contributed by atoms with Gasteiger partial charge in [0.1, 0.15) is 0 Å². The Labute approximate surface area is 161 Å². The molecule has 138 valence electrons. The second kappa shape index (κ2) is 8.14. The van der Waals surface area contributed by atoms with E-state index in [0.717, 1.165) is 26.7 Å². The van der Waals surface area contributed by atoms with Gasteiger partial charge in [-0.3, -0.25) is 9.59 Å². The number of aromatic nitrogens is 1. The molecule has 1 aromatic heterocycles. The van der Waals surface area contributed by atoms with Crippen LogP contribution in [0.5, 0.6) is 0 Å². The molecule has 5 nitrogen and oxygen atoms in total. The van der Waals surface area contributed by atoms with Crippen LogP contribution in [-0.2, 0) is 20.7 Å². The molecule has 2 N–H and O–H groups in total. The number of ether oxygens (including phenoxy) is 1. The van der Waals surface area contributed by atoms with Crippen LogP contribution in [0.25, 0.3) is 11.3 Å². The van der Waals surface area contributed by atoms with Crippen molar-refractivity contribution < 1.29 is 14.3 Å². The number of hydrogen-bond acceptors (Lipinski definition) is 5. The Hall–Kier alpha value is -2.99. The molecule has 0 aliphatic rings. The summed E-state index contributed by atoms with van der Waals surface area (Å²) in [5.74, 6) is -1.21. The van der Waals surface area contributed by atoms with Gasteiger partial charge in [-0.25, -0.2) is 4.98 Å². The van der Waals surface area contributed by atoms with E-state index in [1.807, 2.05) is 44.2 Å². The van der Waals surface area contributed by atoms with Gasteiger partial charge in [0.05, 0.1) is 17.1 Å². The first kappa shape index (κ1) is 18.8. The van der Waals surface area contributed by atoms with Crippen LogP contribution < -0.4 is 5.73 Å². The van der Waals surface area contributed by atoms with Crippen molar-refractivity contribution >= 4 is 23.2 Å². The number of carbonyl (C=O) groups excluding carboxylic acids is 2. The Balaban J connectivity index is 1.80. The summed E-state index contributed by atoms with van der Waals surface area (Å²) in [5.41, 5.74) is 8.84. The Morgan fingerprint density at radius 1 is 1.07 bits per heavy atom. The van der Waals surface area contributed by atoms with Gasteiger partial charge in [-0.15, -0.1) is 11.3 Å². The number of nitrogens with two attached hydrogens (primary N) is 1. The van der Waals surface area contributed by atoms with E-state index in [-0.39, 0.29) is 6.42 Å². The van der Waals surface area contributed by atoms with E-state index in [4.69, 9.17) is 10.5 Å². The minimum atomic E-state index is -1.10. The summed E-state index contributed by atoms with van der Waals surface area (Å²) in [6.07, 6.45) is -1.07. The van der Waals surface area contributed by atoms with Gasteiger partial charge in [0, 0.05) is 16.0 Å². The van der Waals surface area contributed by atoms with Gasteiger partial charge in [0.2, 0.25) is 6.10 Å². The van der Waals surface area contributed by atoms with Crippen LogP contribution in [0.1, 0.15) is 27.1 Å². The van der Waals surface area contributed by atoms with Crippen molar-refractivity contribution in [1.82, 2.24) is 4.98 Å². The van der Waals surface area contributed by atoms with Crippen LogP contribution in [0.2, 0.25) is 0 Å². The van der Waals surface area contributed by atoms with Crippen molar-refractivity contribution in [3.63, 3.8) is 0 Å². The first-order valence-electron chi connectivity index (χ1n) is 8.51. The van der Waals surface area contributed by atoms with E-state index in [2.05, 4.69) is 4.98 Å². The zero-order chi connectivity index (χ0) is 19.4. The highest BCUT2D eigenvalue weighted by atomic mass is 32.1. The quantitative estimate of drug-likeness (QED) is 0.661. The Morgan fingerprint density at radius 2 is 1.74 bits per heavy atom. The number of hydrogen-bond donors (Lipinski definition) is 1. The SMILES string of the molecule is Cc1ccc(-c2nc(C)sc2CC(=O)OC(C(N)=O)c2ccccc2)cc1. The van der Waals surface area contributed by atoms with Gasteiger partial charge in [-0.05, 0) is 13.8 Å². The van der Waals surface area contributed by atoms with E-state index in [1.54, 1.807) is 24.3 Å². The van der Waals surface area contributed by atoms with Crippen molar-refractivity contribution in [2.75, 3.05) is 0 Å². The molecule has 3 aromatic rings. The van der Waals surface area contributed by atoms with Crippen LogP contribution in [0.3, 0.4) is 0 Å². The molecule has 1 heterocycles. The Morgan fingerprint density at radius 3 is 2.37 bits per heavy atom. The predicted octanol–water partition coefficient (Wildman–Crippen LogP) is 3.74. The second-order valence-corrected chi connectivity index (χ2v) is 7.52. The van der Waals surface area contributed by atoms with Crippen molar-refractivity contribution in [1.29, 1.82) is 0 Å². The highest BCUT2D eigenvalue weighted by molar-refractivity contribution is 7.12. The zero-order valence-electron chi connectivity index (χ0n) is 15.1. The molecule has 1 atom stereocenters. The highest BCUT2D eigenvalue weighted by Gasteiger charge is 2.24. The maximum absolute atomic E-state index is 12.5. The summed E-state index contributed by atoms with van der Waals surface area (Å²) in [6, 6.07) is 16.7. The van der Waals surface area contributed by atoms with Crippen LogP contribution in [0.15, 0.2) is 54.6 Å². The summed E-state index contributed by atoms with van der Waals surface area (Å²) in [6.45, 7) is 3.91. The van der Waals surface area contributed by atoms with Gasteiger partial charge in [0.15, 0.2) is 0 Å². The molecule has 1 amide bonds. The maximum Gasteiger partial charge on any atom is 0.312 e. The third-order valence-corrected chi connectivity index (χ3v) is 5.01. The average Bonchev–Trinajstić information content (AvgIpc) is 3.01. The van der Waals surface area contributed by atoms with Gasteiger partial charge >= 0.3 is 5.97 Å². The lowest BCUT2D eigenvalue weighted by atomic mass is 10.1. The van der Waals surface area contributed by atoms with Gasteiger partial charge in [-0.1, -0.05) is 60.2 Å². The van der Waals surface area contributed by atoms with E-state index >= 15 is 0 Å². The topological polar surface area (TPSA) is 82.3 Å². The van der Waals surface area contributed by atoms with Crippen molar-refractivity contribution in [2.24, 2.45) is 5.73 Å². The molecule has 0 radical (unpaired) electrons. The van der Waals surface area contributed by atoms with Crippen LogP contribution in [-0.4, -0.2) is 16.9 Å². The molecule has 2 aromatic carbocycles. The van der Waals surface area contributed by atoms with E-state index in [0.29, 0.717) is 5.56 Å². The summed E-state index contributed by atoms with van der Waals surface area (Å²) >= 11 is 1.44. The number of nitrogens with zero attached hydrogens (tertiary/aromatic N) is 1. The summed E-state index contributed by atoms with van der Waals surface area (Å²) in [4.78, 5) is 29.6. The Bertz CT molecular complexity index is 949. The molecular formula is C21H20N2O3S. The van der Waals surface area contributed by atoms with E-state index in [1.165, 1.54) is 11.3 Å². The summed E-state index contributed by atoms with van der Waals surface area (Å²) < 4.78 is 5.39. The van der Waals surface area contributed by atoms with Crippen molar-refractivity contribution in [3.05, 3.63) is 75.6 Å². The predicted molar refractivity (Wildman–Crippen MR) is 105 cm³/mol. The number of rotatable bonds is 6. The smallest absolute Gasteiger partial charge is 0.312 e. The van der Waals surface area contributed by atoms with E-state index < -0.39 is 18.0 Å². The number of thiazole rings is 1. The molecule has 3 rings (SSSR count). The average molecular weight is 380 g/mol. The Kier molecular flexibility index (Phi) is 5.66. The van der Waals surface area contributed by atoms with Gasteiger partial charge < -0.3 is 10.5 Å². The van der Waals surface area contributed by atoms with E-state index in [9.17, 15) is 9.59 Å². The number of benzene rings is 2. The molecule has 0 bridgehead atoms. The molecule has 0 aliphatic carbocycles. The summed E-state index contributed by atoms with van der Waals surface area (Å²) in [7, 11) is 0. The van der Waals surface area contributed by atoms with Crippen LogP contribution >= 0.6 is 11.3 Å². The van der Waals surface area contributed by atoms with Crippen molar-refractivity contribution in [3.8, 4) is 11.3 Å². The molecule has 27 heavy (non-hydrogen) atoms. The molecular weight excluding hydrogens is 360 g/mol. The standard InChI is InChI=1S/C21H20N2O3S/c1-13-8-10-15(11-9-13)19-17(27-14(2)23-19)12-18(24)26-20(21(22)25)16-6-4-3-5-7-16/h3-11,20H,12H2,1-2H3,(H2,22,25). The first-order chi connectivity index (χ1) is 12.9. The van der Waals surface area contributed by atoms with Crippen LogP contribution in [0, 0.1) is 13.8 Å². The monoisotopic (exact) mass is 380 g/mol. The lowest BCUT2D eigenvalue weighted by molar-refractivity contribution is -0.154. The fraction of sp³-hybridized carbons (Fsp3) is 0.190.